The number of hydrogen-bond donors (Lipinski definition) is 1. The summed E-state index contributed by atoms with van der Waals surface area (Å²) < 4.78 is 1.34. The number of aryl methyl sites for hydroxylation is 1. The molecule has 1 saturated heterocycles. The highest BCUT2D eigenvalue weighted by Gasteiger charge is 2.27. The molecule has 1 aliphatic heterocycles. The molecule has 0 saturated carbocycles. The van der Waals surface area contributed by atoms with Gasteiger partial charge in [0, 0.05) is 31.9 Å². The van der Waals surface area contributed by atoms with Gasteiger partial charge in [-0.2, -0.15) is 15.0 Å². The van der Waals surface area contributed by atoms with Crippen molar-refractivity contribution in [3.05, 3.63) is 59.4 Å². The third-order valence-electron chi connectivity index (χ3n) is 6.16. The third-order valence-corrected chi connectivity index (χ3v) is 6.16. The maximum Gasteiger partial charge on any atom is 0.255 e. The molecular weight excluding hydrogens is 416 g/mol. The second kappa shape index (κ2) is 9.43. The Bertz CT molecular complexity index is 1190. The number of carbonyl (C=O) groups excluding carboxylic acids is 1. The summed E-state index contributed by atoms with van der Waals surface area (Å²) in [6, 6.07) is 11.1. The van der Waals surface area contributed by atoms with Gasteiger partial charge in [0.25, 0.3) is 5.91 Å². The molecule has 1 atom stereocenters. The summed E-state index contributed by atoms with van der Waals surface area (Å²) in [7, 11) is 0. The van der Waals surface area contributed by atoms with E-state index < -0.39 is 0 Å². The van der Waals surface area contributed by atoms with Crippen molar-refractivity contribution in [2.75, 3.05) is 26.2 Å². The van der Waals surface area contributed by atoms with E-state index in [-0.39, 0.29) is 11.8 Å². The molecule has 1 unspecified atom stereocenters. The van der Waals surface area contributed by atoms with Gasteiger partial charge in [-0.25, -0.2) is 4.98 Å². The zero-order valence-corrected chi connectivity index (χ0v) is 19.2. The maximum absolute atomic E-state index is 13.0. The van der Waals surface area contributed by atoms with Crippen molar-refractivity contribution in [2.24, 2.45) is 0 Å². The fraction of sp³-hybridized carbons (Fsp3) is 0.360. The largest absolute Gasteiger partial charge is 0.493 e. The monoisotopic (exact) mass is 444 g/mol. The molecule has 2 aromatic heterocycles. The number of piperazine rings is 1. The van der Waals surface area contributed by atoms with E-state index in [1.165, 1.54) is 10.9 Å². The highest BCUT2D eigenvalue weighted by atomic mass is 16.3. The quantitative estimate of drug-likeness (QED) is 0.648. The summed E-state index contributed by atoms with van der Waals surface area (Å²) in [6.07, 6.45) is 4.21. The molecule has 1 fully saturated rings. The average molecular weight is 445 g/mol. The van der Waals surface area contributed by atoms with Crippen LogP contribution in [-0.2, 0) is 0 Å². The first-order valence-corrected chi connectivity index (χ1v) is 11.2. The predicted octanol–water partition coefficient (Wildman–Crippen LogP) is 3.38. The van der Waals surface area contributed by atoms with Crippen LogP contribution in [0.5, 0.6) is 5.88 Å². The zero-order chi connectivity index (χ0) is 23.5. The van der Waals surface area contributed by atoms with E-state index in [0.29, 0.717) is 41.6 Å². The van der Waals surface area contributed by atoms with E-state index in [2.05, 4.69) is 34.9 Å². The van der Waals surface area contributed by atoms with E-state index in [1.807, 2.05) is 11.8 Å². The minimum Gasteiger partial charge on any atom is -0.493 e. The van der Waals surface area contributed by atoms with Crippen LogP contribution in [0.3, 0.4) is 0 Å². The van der Waals surface area contributed by atoms with Crippen molar-refractivity contribution in [3.63, 3.8) is 0 Å². The number of aromatic nitrogens is 3. The van der Waals surface area contributed by atoms with Crippen LogP contribution in [0.2, 0.25) is 0 Å². The molecular formula is C25H28N6O2. The topological polar surface area (TPSA) is 98.3 Å². The van der Waals surface area contributed by atoms with Crippen LogP contribution in [-0.4, -0.2) is 67.8 Å². The van der Waals surface area contributed by atoms with Crippen molar-refractivity contribution in [3.8, 4) is 28.9 Å². The predicted molar refractivity (Wildman–Crippen MR) is 125 cm³/mol. The molecule has 0 aliphatic carbocycles. The van der Waals surface area contributed by atoms with E-state index in [0.717, 1.165) is 30.6 Å². The number of carbonyl (C=O) groups is 1. The van der Waals surface area contributed by atoms with Gasteiger partial charge in [-0.3, -0.25) is 9.69 Å². The van der Waals surface area contributed by atoms with Gasteiger partial charge in [-0.1, -0.05) is 13.0 Å². The molecule has 1 aromatic carbocycles. The molecule has 8 nitrogen and oxygen atoms in total. The molecule has 3 heterocycles. The number of rotatable bonds is 5. The van der Waals surface area contributed by atoms with Gasteiger partial charge in [0.05, 0.1) is 29.0 Å². The summed E-state index contributed by atoms with van der Waals surface area (Å²) in [6.45, 7) is 9.55. The van der Waals surface area contributed by atoms with Gasteiger partial charge in [-0.05, 0) is 62.2 Å². The van der Waals surface area contributed by atoms with E-state index in [1.54, 1.807) is 36.5 Å². The second-order valence-corrected chi connectivity index (χ2v) is 8.48. The van der Waals surface area contributed by atoms with Crippen molar-refractivity contribution in [2.45, 2.75) is 33.2 Å². The third kappa shape index (κ3) is 4.45. The van der Waals surface area contributed by atoms with Crippen LogP contribution in [0.25, 0.3) is 16.9 Å². The fourth-order valence-corrected chi connectivity index (χ4v) is 4.35. The van der Waals surface area contributed by atoms with Crippen molar-refractivity contribution in [1.29, 1.82) is 5.26 Å². The number of nitriles is 1. The van der Waals surface area contributed by atoms with Gasteiger partial charge in [0.2, 0.25) is 5.88 Å². The number of benzene rings is 1. The van der Waals surface area contributed by atoms with E-state index in [9.17, 15) is 9.90 Å². The molecule has 0 spiro atoms. The SMILES string of the molecule is CCCN1CCN(C(=O)c2ccc(-n3ncc(-c4ccc(C#N)cc4C)c3O)nc2)CC1C. The molecule has 0 radical (unpaired) electrons. The number of nitrogens with zero attached hydrogens (tertiary/aromatic N) is 6. The first kappa shape index (κ1) is 22.5. The van der Waals surface area contributed by atoms with Gasteiger partial charge in [0.1, 0.15) is 0 Å². The number of pyridine rings is 1. The highest BCUT2D eigenvalue weighted by Crippen LogP contribution is 2.33. The smallest absolute Gasteiger partial charge is 0.255 e. The summed E-state index contributed by atoms with van der Waals surface area (Å²) in [5.74, 6) is 0.341. The first-order chi connectivity index (χ1) is 15.9. The van der Waals surface area contributed by atoms with Crippen LogP contribution in [0, 0.1) is 18.3 Å². The van der Waals surface area contributed by atoms with Crippen LogP contribution < -0.4 is 0 Å². The molecule has 1 aliphatic rings. The Balaban J connectivity index is 1.51. The minimum absolute atomic E-state index is 0.0318. The van der Waals surface area contributed by atoms with Gasteiger partial charge < -0.3 is 10.0 Å². The Morgan fingerprint density at radius 1 is 1.21 bits per heavy atom. The maximum atomic E-state index is 13.0. The Hall–Kier alpha value is -3.70. The lowest BCUT2D eigenvalue weighted by atomic mass is 10.0. The van der Waals surface area contributed by atoms with Crippen molar-refractivity contribution >= 4 is 5.91 Å². The van der Waals surface area contributed by atoms with Gasteiger partial charge >= 0.3 is 0 Å². The van der Waals surface area contributed by atoms with Crippen LogP contribution >= 0.6 is 0 Å². The zero-order valence-electron chi connectivity index (χ0n) is 19.2. The summed E-state index contributed by atoms with van der Waals surface area (Å²) in [5, 5.41) is 24.1. The summed E-state index contributed by atoms with van der Waals surface area (Å²) in [5.41, 5.74) is 3.29. The van der Waals surface area contributed by atoms with Crippen LogP contribution in [0.4, 0.5) is 0 Å². The van der Waals surface area contributed by atoms with Crippen molar-refractivity contribution in [1.82, 2.24) is 24.6 Å². The first-order valence-electron chi connectivity index (χ1n) is 11.2. The van der Waals surface area contributed by atoms with Crippen LogP contribution in [0.15, 0.2) is 42.7 Å². The fourth-order valence-electron chi connectivity index (χ4n) is 4.35. The lowest BCUT2D eigenvalue weighted by Crippen LogP contribution is -2.53. The molecule has 0 bridgehead atoms. The molecule has 33 heavy (non-hydrogen) atoms. The average Bonchev–Trinajstić information content (AvgIpc) is 3.21. The Morgan fingerprint density at radius 3 is 2.67 bits per heavy atom. The molecule has 1 amide bonds. The van der Waals surface area contributed by atoms with Gasteiger partial charge in [-0.15, -0.1) is 0 Å². The number of aromatic hydroxyl groups is 1. The molecule has 4 rings (SSSR count). The number of hydrogen-bond acceptors (Lipinski definition) is 6. The normalized spacial score (nSPS) is 16.5. The lowest BCUT2D eigenvalue weighted by molar-refractivity contribution is 0.0515. The van der Waals surface area contributed by atoms with Crippen LogP contribution in [0.1, 0.15) is 41.8 Å². The Labute approximate surface area is 193 Å². The summed E-state index contributed by atoms with van der Waals surface area (Å²) in [4.78, 5) is 21.7. The van der Waals surface area contributed by atoms with Crippen molar-refractivity contribution < 1.29 is 9.90 Å². The summed E-state index contributed by atoms with van der Waals surface area (Å²) >= 11 is 0. The van der Waals surface area contributed by atoms with E-state index in [4.69, 9.17) is 5.26 Å². The highest BCUT2D eigenvalue weighted by molar-refractivity contribution is 5.94. The lowest BCUT2D eigenvalue weighted by Gasteiger charge is -2.39. The standard InChI is InChI=1S/C25H28N6O2/c1-4-9-29-10-11-30(16-18(29)3)24(32)20-6-8-23(27-14-20)31-25(33)22(15-28-31)21-7-5-19(13-26)12-17(21)2/h5-8,12,14-15,18,33H,4,9-11,16H2,1-3H3. The Kier molecular flexibility index (Phi) is 6.43. The number of amides is 1. The Morgan fingerprint density at radius 2 is 2.03 bits per heavy atom. The molecule has 170 valence electrons. The minimum atomic E-state index is -0.0461. The van der Waals surface area contributed by atoms with E-state index >= 15 is 0 Å². The second-order valence-electron chi connectivity index (χ2n) is 8.48. The molecule has 8 heteroatoms. The molecule has 3 aromatic rings. The molecule has 1 N–H and O–H groups in total. The van der Waals surface area contributed by atoms with Gasteiger partial charge in [0.15, 0.2) is 5.82 Å².